The second-order valence-electron chi connectivity index (χ2n) is 7.62. The van der Waals surface area contributed by atoms with E-state index in [1.165, 1.54) is 0 Å². The van der Waals surface area contributed by atoms with Gasteiger partial charge in [-0.25, -0.2) is 0 Å². The number of carboxylic acid groups (broad SMARTS) is 1. The highest BCUT2D eigenvalue weighted by Crippen LogP contribution is 2.21. The third-order valence-corrected chi connectivity index (χ3v) is 5.63. The van der Waals surface area contributed by atoms with E-state index in [1.54, 1.807) is 0 Å². The summed E-state index contributed by atoms with van der Waals surface area (Å²) in [4.78, 5) is 37.7. The number of likely N-dealkylation sites (tertiary alicyclic amines) is 1. The number of rotatable bonds is 8. The van der Waals surface area contributed by atoms with Gasteiger partial charge in [-0.1, -0.05) is 6.92 Å². The summed E-state index contributed by atoms with van der Waals surface area (Å²) in [6.07, 6.45) is 5.89. The Hall–Kier alpha value is -1.63. The molecule has 7 nitrogen and oxygen atoms in total. The number of amides is 2. The Morgan fingerprint density at radius 2 is 1.96 bits per heavy atom. The molecular weight excluding hydrogens is 334 g/mol. The van der Waals surface area contributed by atoms with Crippen LogP contribution >= 0.6 is 0 Å². The van der Waals surface area contributed by atoms with Gasteiger partial charge in [-0.05, 0) is 57.5 Å². The number of hydrogen-bond donors (Lipinski definition) is 3. The largest absolute Gasteiger partial charge is 0.481 e. The van der Waals surface area contributed by atoms with Crippen molar-refractivity contribution in [2.45, 2.75) is 64.3 Å². The first-order valence-electron chi connectivity index (χ1n) is 10.00. The molecule has 0 aromatic rings. The van der Waals surface area contributed by atoms with Crippen LogP contribution in [0.4, 0.5) is 0 Å². The van der Waals surface area contributed by atoms with E-state index in [-0.39, 0.29) is 30.2 Å². The number of carboxylic acids is 1. The van der Waals surface area contributed by atoms with Crippen LogP contribution in [0, 0.1) is 11.8 Å². The van der Waals surface area contributed by atoms with Crippen LogP contribution in [0.3, 0.4) is 0 Å². The van der Waals surface area contributed by atoms with Crippen molar-refractivity contribution in [3.8, 4) is 0 Å². The summed E-state index contributed by atoms with van der Waals surface area (Å²) >= 11 is 0. The summed E-state index contributed by atoms with van der Waals surface area (Å²) in [5.41, 5.74) is 0. The number of aliphatic carboxylic acids is 1. The predicted octanol–water partition coefficient (Wildman–Crippen LogP) is 1.37. The Kier molecular flexibility index (Phi) is 8.35. The van der Waals surface area contributed by atoms with Crippen LogP contribution in [0.5, 0.6) is 0 Å². The van der Waals surface area contributed by atoms with Crippen LogP contribution in [0.25, 0.3) is 0 Å². The fourth-order valence-corrected chi connectivity index (χ4v) is 3.90. The molecule has 7 heteroatoms. The minimum absolute atomic E-state index is 0.0617. The quantitative estimate of drug-likeness (QED) is 0.602. The zero-order valence-corrected chi connectivity index (χ0v) is 15.8. The van der Waals surface area contributed by atoms with Crippen LogP contribution in [0.1, 0.15) is 58.3 Å². The van der Waals surface area contributed by atoms with E-state index in [0.29, 0.717) is 25.3 Å². The summed E-state index contributed by atoms with van der Waals surface area (Å²) in [6.45, 7) is 5.13. The smallest absolute Gasteiger partial charge is 0.305 e. The van der Waals surface area contributed by atoms with Gasteiger partial charge >= 0.3 is 5.97 Å². The predicted molar refractivity (Wildman–Crippen MR) is 98.6 cm³/mol. The Labute approximate surface area is 155 Å². The van der Waals surface area contributed by atoms with E-state index in [0.717, 1.165) is 51.7 Å². The molecule has 0 unspecified atom stereocenters. The maximum atomic E-state index is 12.5. The van der Waals surface area contributed by atoms with Crippen molar-refractivity contribution in [1.29, 1.82) is 0 Å². The van der Waals surface area contributed by atoms with Gasteiger partial charge in [0.05, 0.1) is 12.3 Å². The number of piperidine rings is 2. The van der Waals surface area contributed by atoms with Crippen LogP contribution in [-0.2, 0) is 14.4 Å². The van der Waals surface area contributed by atoms with Gasteiger partial charge in [0.25, 0.3) is 0 Å². The average Bonchev–Trinajstić information content (AvgIpc) is 2.66. The zero-order valence-electron chi connectivity index (χ0n) is 15.8. The molecule has 2 aliphatic heterocycles. The van der Waals surface area contributed by atoms with Crippen molar-refractivity contribution < 1.29 is 19.5 Å². The van der Waals surface area contributed by atoms with Crippen molar-refractivity contribution in [3.05, 3.63) is 0 Å². The molecule has 0 spiro atoms. The standard InChI is InChI=1S/C19H33N3O4/c1-2-16(12-18(24)25)21-19(26)15-4-3-11-22(13-15)17(23)6-5-14-7-9-20-10-8-14/h14-16,20H,2-13H2,1H3,(H,21,26)(H,24,25)/t15-,16+/m1/s1. The second kappa shape index (κ2) is 10.5. The van der Waals surface area contributed by atoms with Crippen molar-refractivity contribution in [2.24, 2.45) is 11.8 Å². The van der Waals surface area contributed by atoms with Gasteiger partial charge in [0.2, 0.25) is 11.8 Å². The second-order valence-corrected chi connectivity index (χ2v) is 7.62. The van der Waals surface area contributed by atoms with Crippen LogP contribution in [0.15, 0.2) is 0 Å². The summed E-state index contributed by atoms with van der Waals surface area (Å²) in [5.74, 6) is -0.470. The lowest BCUT2D eigenvalue weighted by Crippen LogP contribution is -2.48. The number of carbonyl (C=O) groups is 3. The monoisotopic (exact) mass is 367 g/mol. The van der Waals surface area contributed by atoms with E-state index >= 15 is 0 Å². The minimum atomic E-state index is -0.907. The van der Waals surface area contributed by atoms with E-state index in [1.807, 2.05) is 11.8 Å². The molecule has 2 fully saturated rings. The number of hydrogen-bond acceptors (Lipinski definition) is 4. The van der Waals surface area contributed by atoms with E-state index in [4.69, 9.17) is 5.11 Å². The van der Waals surface area contributed by atoms with Crippen LogP contribution < -0.4 is 10.6 Å². The maximum Gasteiger partial charge on any atom is 0.305 e. The molecule has 0 saturated carbocycles. The van der Waals surface area contributed by atoms with Crippen molar-refractivity contribution in [1.82, 2.24) is 15.5 Å². The van der Waals surface area contributed by atoms with E-state index < -0.39 is 5.97 Å². The van der Waals surface area contributed by atoms with E-state index in [9.17, 15) is 14.4 Å². The highest BCUT2D eigenvalue weighted by molar-refractivity contribution is 5.82. The maximum absolute atomic E-state index is 12.5. The molecule has 0 bridgehead atoms. The summed E-state index contributed by atoms with van der Waals surface area (Å²) in [7, 11) is 0. The third kappa shape index (κ3) is 6.59. The molecule has 2 aliphatic rings. The zero-order chi connectivity index (χ0) is 18.9. The van der Waals surface area contributed by atoms with Gasteiger partial charge in [-0.3, -0.25) is 14.4 Å². The number of nitrogens with zero attached hydrogens (tertiary/aromatic N) is 1. The molecule has 3 N–H and O–H groups in total. The highest BCUT2D eigenvalue weighted by atomic mass is 16.4. The Bertz CT molecular complexity index is 491. The first-order valence-corrected chi connectivity index (χ1v) is 10.00. The summed E-state index contributed by atoms with van der Waals surface area (Å²) in [5, 5.41) is 15.1. The molecule has 2 rings (SSSR count). The average molecular weight is 367 g/mol. The molecule has 2 heterocycles. The molecule has 0 aromatic carbocycles. The fourth-order valence-electron chi connectivity index (χ4n) is 3.90. The molecule has 26 heavy (non-hydrogen) atoms. The van der Waals surface area contributed by atoms with Gasteiger partial charge in [0.15, 0.2) is 0 Å². The van der Waals surface area contributed by atoms with Gasteiger partial charge in [0, 0.05) is 25.6 Å². The number of nitrogens with one attached hydrogen (secondary N) is 2. The number of carbonyl (C=O) groups excluding carboxylic acids is 2. The molecular formula is C19H33N3O4. The molecule has 148 valence electrons. The first-order chi connectivity index (χ1) is 12.5. The van der Waals surface area contributed by atoms with Crippen LogP contribution in [0.2, 0.25) is 0 Å². The Balaban J connectivity index is 1.78. The first kappa shape index (κ1) is 20.7. The van der Waals surface area contributed by atoms with Crippen molar-refractivity contribution >= 4 is 17.8 Å². The lowest BCUT2D eigenvalue weighted by atomic mass is 9.92. The SMILES string of the molecule is CC[C@@H](CC(=O)O)NC(=O)[C@@H]1CCCN(C(=O)CCC2CCNCC2)C1. The van der Waals surface area contributed by atoms with Crippen LogP contribution in [-0.4, -0.2) is 60.0 Å². The van der Waals surface area contributed by atoms with Crippen molar-refractivity contribution in [2.75, 3.05) is 26.2 Å². The minimum Gasteiger partial charge on any atom is -0.481 e. The highest BCUT2D eigenvalue weighted by Gasteiger charge is 2.29. The molecule has 2 atom stereocenters. The lowest BCUT2D eigenvalue weighted by Gasteiger charge is -2.33. The Morgan fingerprint density at radius 1 is 1.23 bits per heavy atom. The molecule has 2 amide bonds. The molecule has 0 aliphatic carbocycles. The Morgan fingerprint density at radius 3 is 2.62 bits per heavy atom. The van der Waals surface area contributed by atoms with Crippen molar-refractivity contribution in [3.63, 3.8) is 0 Å². The fraction of sp³-hybridized carbons (Fsp3) is 0.842. The van der Waals surface area contributed by atoms with Gasteiger partial charge < -0.3 is 20.6 Å². The topological polar surface area (TPSA) is 98.7 Å². The lowest BCUT2D eigenvalue weighted by molar-refractivity contribution is -0.138. The molecule has 2 saturated heterocycles. The van der Waals surface area contributed by atoms with Gasteiger partial charge in [-0.15, -0.1) is 0 Å². The third-order valence-electron chi connectivity index (χ3n) is 5.63. The summed E-state index contributed by atoms with van der Waals surface area (Å²) in [6, 6.07) is -0.342. The van der Waals surface area contributed by atoms with Gasteiger partial charge in [-0.2, -0.15) is 0 Å². The van der Waals surface area contributed by atoms with Gasteiger partial charge in [0.1, 0.15) is 0 Å². The molecule has 0 radical (unpaired) electrons. The molecule has 0 aromatic heterocycles. The normalized spacial score (nSPS) is 22.7. The van der Waals surface area contributed by atoms with E-state index in [2.05, 4.69) is 10.6 Å². The summed E-state index contributed by atoms with van der Waals surface area (Å²) < 4.78 is 0.